The molecule has 0 spiro atoms. The lowest BCUT2D eigenvalue weighted by Crippen LogP contribution is -2.42. The summed E-state index contributed by atoms with van der Waals surface area (Å²) in [6.45, 7) is 11.0. The molecule has 4 nitrogen and oxygen atoms in total. The van der Waals surface area contributed by atoms with Crippen molar-refractivity contribution >= 4 is 5.91 Å². The van der Waals surface area contributed by atoms with Gasteiger partial charge in [0.25, 0.3) is 0 Å². The molecule has 4 heteroatoms. The second-order valence-corrected chi connectivity index (χ2v) is 4.85. The van der Waals surface area contributed by atoms with Gasteiger partial charge < -0.3 is 15.5 Å². The van der Waals surface area contributed by atoms with Crippen LogP contribution in [0, 0.1) is 0 Å². The molecular weight excluding hydrogens is 214 g/mol. The molecule has 0 aromatic rings. The first-order chi connectivity index (χ1) is 7.99. The molecular formula is C13H29N3O. The zero-order valence-corrected chi connectivity index (χ0v) is 12.0. The van der Waals surface area contributed by atoms with E-state index >= 15 is 0 Å². The standard InChI is InChI=1S/C13H29N3O/c1-6-14-13(17)12(4)15-9-7-8-10-16(5)11(2)3/h11-12,15H,6-10H2,1-5H3,(H,14,17). The van der Waals surface area contributed by atoms with Gasteiger partial charge in [-0.1, -0.05) is 0 Å². The number of amides is 1. The Bertz CT molecular complexity index is 207. The van der Waals surface area contributed by atoms with Crippen molar-refractivity contribution in [3.8, 4) is 0 Å². The van der Waals surface area contributed by atoms with E-state index in [-0.39, 0.29) is 11.9 Å². The van der Waals surface area contributed by atoms with Crippen LogP contribution in [0.15, 0.2) is 0 Å². The molecule has 0 fully saturated rings. The Balaban J connectivity index is 3.48. The van der Waals surface area contributed by atoms with Gasteiger partial charge in [-0.05, 0) is 60.7 Å². The van der Waals surface area contributed by atoms with Crippen LogP contribution < -0.4 is 10.6 Å². The second-order valence-electron chi connectivity index (χ2n) is 4.85. The summed E-state index contributed by atoms with van der Waals surface area (Å²) in [5, 5.41) is 6.05. The second kappa shape index (κ2) is 9.42. The van der Waals surface area contributed by atoms with Crippen molar-refractivity contribution in [2.24, 2.45) is 0 Å². The molecule has 0 saturated heterocycles. The van der Waals surface area contributed by atoms with Crippen molar-refractivity contribution in [1.82, 2.24) is 15.5 Å². The maximum Gasteiger partial charge on any atom is 0.236 e. The number of carbonyl (C=O) groups is 1. The number of unbranched alkanes of at least 4 members (excludes halogenated alkanes) is 1. The van der Waals surface area contributed by atoms with Crippen LogP contribution >= 0.6 is 0 Å². The Morgan fingerprint density at radius 1 is 1.24 bits per heavy atom. The summed E-state index contributed by atoms with van der Waals surface area (Å²) in [6.07, 6.45) is 2.28. The molecule has 1 atom stereocenters. The van der Waals surface area contributed by atoms with E-state index < -0.39 is 0 Å². The smallest absolute Gasteiger partial charge is 0.236 e. The molecule has 0 aromatic carbocycles. The van der Waals surface area contributed by atoms with Crippen LogP contribution in [-0.2, 0) is 4.79 Å². The van der Waals surface area contributed by atoms with Crippen LogP contribution in [0.1, 0.15) is 40.5 Å². The fourth-order valence-electron chi connectivity index (χ4n) is 1.48. The quantitative estimate of drug-likeness (QED) is 0.599. The van der Waals surface area contributed by atoms with E-state index in [2.05, 4.69) is 36.4 Å². The highest BCUT2D eigenvalue weighted by Crippen LogP contribution is 1.97. The van der Waals surface area contributed by atoms with Crippen molar-refractivity contribution in [3.05, 3.63) is 0 Å². The molecule has 0 aromatic heterocycles. The predicted molar refractivity (Wildman–Crippen MR) is 73.1 cm³/mol. The first kappa shape index (κ1) is 16.4. The Labute approximate surface area is 106 Å². The summed E-state index contributed by atoms with van der Waals surface area (Å²) >= 11 is 0. The van der Waals surface area contributed by atoms with E-state index in [0.29, 0.717) is 12.6 Å². The topological polar surface area (TPSA) is 44.4 Å². The lowest BCUT2D eigenvalue weighted by molar-refractivity contribution is -0.122. The third-order valence-corrected chi connectivity index (χ3v) is 3.01. The van der Waals surface area contributed by atoms with Crippen LogP contribution in [0.3, 0.4) is 0 Å². The van der Waals surface area contributed by atoms with Crippen LogP contribution in [0.4, 0.5) is 0 Å². The van der Waals surface area contributed by atoms with Crippen molar-refractivity contribution in [3.63, 3.8) is 0 Å². The van der Waals surface area contributed by atoms with Crippen LogP contribution in [0.5, 0.6) is 0 Å². The van der Waals surface area contributed by atoms with Crippen LogP contribution in [0.2, 0.25) is 0 Å². The van der Waals surface area contributed by atoms with Gasteiger partial charge in [-0.3, -0.25) is 4.79 Å². The number of nitrogens with one attached hydrogen (secondary N) is 2. The minimum Gasteiger partial charge on any atom is -0.355 e. The Kier molecular flexibility index (Phi) is 9.09. The normalized spacial score (nSPS) is 13.1. The molecule has 0 aliphatic rings. The summed E-state index contributed by atoms with van der Waals surface area (Å²) in [5.74, 6) is 0.0896. The fourth-order valence-corrected chi connectivity index (χ4v) is 1.48. The molecule has 2 N–H and O–H groups in total. The molecule has 0 rings (SSSR count). The van der Waals surface area contributed by atoms with Gasteiger partial charge in [0.15, 0.2) is 0 Å². The molecule has 1 unspecified atom stereocenters. The summed E-state index contributed by atoms with van der Waals surface area (Å²) < 4.78 is 0. The van der Waals surface area contributed by atoms with Gasteiger partial charge in [0.1, 0.15) is 0 Å². The average molecular weight is 243 g/mol. The van der Waals surface area contributed by atoms with Gasteiger partial charge in [0.2, 0.25) is 5.91 Å². The number of rotatable bonds is 9. The van der Waals surface area contributed by atoms with Crippen molar-refractivity contribution in [2.45, 2.75) is 52.6 Å². The summed E-state index contributed by atoms with van der Waals surface area (Å²) in [5.41, 5.74) is 0. The van der Waals surface area contributed by atoms with Crippen molar-refractivity contribution in [2.75, 3.05) is 26.7 Å². The van der Waals surface area contributed by atoms with E-state index in [4.69, 9.17) is 0 Å². The summed E-state index contributed by atoms with van der Waals surface area (Å²) in [4.78, 5) is 13.8. The monoisotopic (exact) mass is 243 g/mol. The third kappa shape index (κ3) is 8.16. The highest BCUT2D eigenvalue weighted by molar-refractivity contribution is 5.81. The van der Waals surface area contributed by atoms with E-state index in [1.807, 2.05) is 13.8 Å². The van der Waals surface area contributed by atoms with E-state index in [1.165, 1.54) is 6.42 Å². The molecule has 0 heterocycles. The zero-order valence-electron chi connectivity index (χ0n) is 12.0. The highest BCUT2D eigenvalue weighted by atomic mass is 16.2. The van der Waals surface area contributed by atoms with E-state index in [1.54, 1.807) is 0 Å². The van der Waals surface area contributed by atoms with E-state index in [0.717, 1.165) is 19.5 Å². The third-order valence-electron chi connectivity index (χ3n) is 3.01. The molecule has 17 heavy (non-hydrogen) atoms. The number of carbonyl (C=O) groups excluding carboxylic acids is 1. The fraction of sp³-hybridized carbons (Fsp3) is 0.923. The molecule has 1 amide bonds. The molecule has 0 bridgehead atoms. The van der Waals surface area contributed by atoms with Gasteiger partial charge in [0.05, 0.1) is 6.04 Å². The lowest BCUT2D eigenvalue weighted by Gasteiger charge is -2.21. The number of hydrogen-bond donors (Lipinski definition) is 2. The first-order valence-electron chi connectivity index (χ1n) is 6.70. The first-order valence-corrected chi connectivity index (χ1v) is 6.70. The lowest BCUT2D eigenvalue weighted by atomic mass is 10.2. The van der Waals surface area contributed by atoms with Gasteiger partial charge in [-0.2, -0.15) is 0 Å². The van der Waals surface area contributed by atoms with Crippen molar-refractivity contribution in [1.29, 1.82) is 0 Å². The molecule has 102 valence electrons. The minimum absolute atomic E-state index is 0.0854. The molecule has 0 aliphatic carbocycles. The number of likely N-dealkylation sites (N-methyl/N-ethyl adjacent to an activating group) is 1. The molecule has 0 saturated carbocycles. The molecule has 0 aliphatic heterocycles. The largest absolute Gasteiger partial charge is 0.355 e. The zero-order chi connectivity index (χ0) is 13.3. The van der Waals surface area contributed by atoms with Crippen LogP contribution in [0.25, 0.3) is 0 Å². The van der Waals surface area contributed by atoms with Crippen molar-refractivity contribution < 1.29 is 4.79 Å². The van der Waals surface area contributed by atoms with Gasteiger partial charge in [0, 0.05) is 12.6 Å². The van der Waals surface area contributed by atoms with E-state index in [9.17, 15) is 4.79 Å². The Morgan fingerprint density at radius 2 is 1.88 bits per heavy atom. The molecule has 0 radical (unpaired) electrons. The summed E-state index contributed by atoms with van der Waals surface area (Å²) in [6, 6.07) is 0.523. The maximum absolute atomic E-state index is 11.4. The average Bonchev–Trinajstić information content (AvgIpc) is 2.28. The minimum atomic E-state index is -0.0854. The predicted octanol–water partition coefficient (Wildman–Crippen LogP) is 1.22. The number of nitrogens with zero attached hydrogens (tertiary/aromatic N) is 1. The van der Waals surface area contributed by atoms with Gasteiger partial charge in [-0.25, -0.2) is 0 Å². The number of hydrogen-bond acceptors (Lipinski definition) is 3. The van der Waals surface area contributed by atoms with Gasteiger partial charge in [-0.15, -0.1) is 0 Å². The highest BCUT2D eigenvalue weighted by Gasteiger charge is 2.09. The Morgan fingerprint density at radius 3 is 2.41 bits per heavy atom. The maximum atomic E-state index is 11.4. The van der Waals surface area contributed by atoms with Gasteiger partial charge >= 0.3 is 0 Å². The van der Waals surface area contributed by atoms with Crippen LogP contribution in [-0.4, -0.2) is 49.6 Å². The summed E-state index contributed by atoms with van der Waals surface area (Å²) in [7, 11) is 2.15. The SMILES string of the molecule is CCNC(=O)C(C)NCCCCN(C)C(C)C. The Hall–Kier alpha value is -0.610.